The molecular formula is C20H27NO4. The van der Waals surface area contributed by atoms with Crippen molar-refractivity contribution in [2.75, 3.05) is 32.9 Å². The van der Waals surface area contributed by atoms with E-state index in [2.05, 4.69) is 0 Å². The molecule has 1 amide bonds. The second-order valence-electron chi connectivity index (χ2n) is 7.11. The second kappa shape index (κ2) is 8.99. The first-order valence-electron chi connectivity index (χ1n) is 9.26. The Bertz CT molecular complexity index is 566. The lowest BCUT2D eigenvalue weighted by Crippen LogP contribution is -2.40. The Balaban J connectivity index is 1.34. The highest BCUT2D eigenvalue weighted by Gasteiger charge is 2.25. The zero-order valence-corrected chi connectivity index (χ0v) is 14.7. The molecule has 0 radical (unpaired) electrons. The molecule has 0 saturated carbocycles. The monoisotopic (exact) mass is 345 g/mol. The van der Waals surface area contributed by atoms with Crippen LogP contribution in [0.1, 0.15) is 32.1 Å². The Labute approximate surface area is 149 Å². The van der Waals surface area contributed by atoms with Crippen LogP contribution in [0.2, 0.25) is 0 Å². The van der Waals surface area contributed by atoms with E-state index < -0.39 is 0 Å². The summed E-state index contributed by atoms with van der Waals surface area (Å²) in [5.74, 6) is 1.99. The van der Waals surface area contributed by atoms with Gasteiger partial charge in [-0.2, -0.15) is 0 Å². The van der Waals surface area contributed by atoms with Gasteiger partial charge in [-0.25, -0.2) is 0 Å². The Morgan fingerprint density at radius 1 is 1.16 bits per heavy atom. The van der Waals surface area contributed by atoms with Gasteiger partial charge in [-0.05, 0) is 43.2 Å². The van der Waals surface area contributed by atoms with E-state index in [1.807, 2.05) is 35.2 Å². The third-order valence-electron chi connectivity index (χ3n) is 5.10. The van der Waals surface area contributed by atoms with Crippen LogP contribution in [-0.2, 0) is 14.3 Å². The lowest BCUT2D eigenvalue weighted by molar-refractivity contribution is -0.135. The van der Waals surface area contributed by atoms with E-state index in [0.717, 1.165) is 38.1 Å². The van der Waals surface area contributed by atoms with Gasteiger partial charge in [0, 0.05) is 25.9 Å². The first-order chi connectivity index (χ1) is 12.2. The molecule has 0 bridgehead atoms. The standard InChI is InChI=1S/C20H27NO4/c22-18-12-17(13-24-15-18)6-7-20(23)21-10-8-16(9-11-21)14-25-19-4-2-1-3-5-19/h1-5,16-17H,6-15H2. The fourth-order valence-corrected chi connectivity index (χ4v) is 3.53. The minimum absolute atomic E-state index is 0.155. The Kier molecular flexibility index (Phi) is 6.45. The van der Waals surface area contributed by atoms with Crippen molar-refractivity contribution in [2.45, 2.75) is 32.1 Å². The maximum absolute atomic E-state index is 12.4. The molecule has 2 fully saturated rings. The van der Waals surface area contributed by atoms with Crippen molar-refractivity contribution in [3.05, 3.63) is 30.3 Å². The zero-order chi connectivity index (χ0) is 17.5. The molecule has 0 spiro atoms. The van der Waals surface area contributed by atoms with Crippen LogP contribution in [0.3, 0.4) is 0 Å². The van der Waals surface area contributed by atoms with Crippen LogP contribution in [0.4, 0.5) is 0 Å². The Morgan fingerprint density at radius 2 is 1.92 bits per heavy atom. The fraction of sp³-hybridized carbons (Fsp3) is 0.600. The van der Waals surface area contributed by atoms with Crippen molar-refractivity contribution >= 4 is 11.7 Å². The van der Waals surface area contributed by atoms with Gasteiger partial charge in [-0.15, -0.1) is 0 Å². The number of ketones is 1. The number of hydrogen-bond acceptors (Lipinski definition) is 4. The number of ether oxygens (including phenoxy) is 2. The molecule has 25 heavy (non-hydrogen) atoms. The third kappa shape index (κ3) is 5.56. The van der Waals surface area contributed by atoms with E-state index >= 15 is 0 Å². The number of piperidine rings is 1. The summed E-state index contributed by atoms with van der Waals surface area (Å²) in [6.07, 6.45) is 3.81. The maximum atomic E-state index is 12.4. The number of nitrogens with zero attached hydrogens (tertiary/aromatic N) is 1. The summed E-state index contributed by atoms with van der Waals surface area (Å²) < 4.78 is 11.1. The molecule has 1 aromatic rings. The lowest BCUT2D eigenvalue weighted by atomic mass is 9.94. The average Bonchev–Trinajstić information content (AvgIpc) is 2.66. The molecule has 2 aliphatic heterocycles. The molecule has 1 aromatic carbocycles. The molecule has 2 saturated heterocycles. The molecule has 3 rings (SSSR count). The van der Waals surface area contributed by atoms with Crippen molar-refractivity contribution in [1.29, 1.82) is 0 Å². The maximum Gasteiger partial charge on any atom is 0.222 e. The number of likely N-dealkylation sites (tertiary alicyclic amines) is 1. The number of amides is 1. The van der Waals surface area contributed by atoms with Gasteiger partial charge in [0.25, 0.3) is 0 Å². The minimum atomic E-state index is 0.155. The normalized spacial score (nSPS) is 22.0. The van der Waals surface area contributed by atoms with Gasteiger partial charge in [0.15, 0.2) is 5.78 Å². The van der Waals surface area contributed by atoms with E-state index in [1.165, 1.54) is 0 Å². The smallest absolute Gasteiger partial charge is 0.222 e. The number of hydrogen-bond donors (Lipinski definition) is 0. The van der Waals surface area contributed by atoms with Crippen molar-refractivity contribution in [1.82, 2.24) is 4.90 Å². The first kappa shape index (κ1) is 17.9. The summed E-state index contributed by atoms with van der Waals surface area (Å²) in [4.78, 5) is 25.7. The van der Waals surface area contributed by atoms with Gasteiger partial charge < -0.3 is 14.4 Å². The molecule has 2 aliphatic rings. The highest BCUT2D eigenvalue weighted by molar-refractivity contribution is 5.80. The number of carbonyl (C=O) groups is 2. The summed E-state index contributed by atoms with van der Waals surface area (Å²) in [6.45, 7) is 3.18. The van der Waals surface area contributed by atoms with Gasteiger partial charge in [-0.3, -0.25) is 9.59 Å². The van der Waals surface area contributed by atoms with Gasteiger partial charge in [0.05, 0.1) is 13.2 Å². The summed E-state index contributed by atoms with van der Waals surface area (Å²) in [7, 11) is 0. The number of benzene rings is 1. The highest BCUT2D eigenvalue weighted by atomic mass is 16.5. The van der Waals surface area contributed by atoms with Crippen molar-refractivity contribution < 1.29 is 19.1 Å². The average molecular weight is 345 g/mol. The number of rotatable bonds is 6. The largest absolute Gasteiger partial charge is 0.493 e. The van der Waals surface area contributed by atoms with Crippen molar-refractivity contribution in [3.63, 3.8) is 0 Å². The van der Waals surface area contributed by atoms with Crippen LogP contribution >= 0.6 is 0 Å². The molecule has 1 atom stereocenters. The highest BCUT2D eigenvalue weighted by Crippen LogP contribution is 2.22. The number of carbonyl (C=O) groups excluding carboxylic acids is 2. The van der Waals surface area contributed by atoms with Crippen LogP contribution < -0.4 is 4.74 Å². The summed E-state index contributed by atoms with van der Waals surface area (Å²) in [5, 5.41) is 0. The van der Waals surface area contributed by atoms with Gasteiger partial charge in [0.2, 0.25) is 5.91 Å². The number of Topliss-reactive ketones (excluding diaryl/α,β-unsaturated/α-hetero) is 1. The molecule has 0 aromatic heterocycles. The van der Waals surface area contributed by atoms with E-state index in [1.54, 1.807) is 0 Å². The molecule has 136 valence electrons. The van der Waals surface area contributed by atoms with Gasteiger partial charge in [-0.1, -0.05) is 18.2 Å². The minimum Gasteiger partial charge on any atom is -0.493 e. The predicted molar refractivity (Wildman–Crippen MR) is 94.4 cm³/mol. The lowest BCUT2D eigenvalue weighted by Gasteiger charge is -2.32. The fourth-order valence-electron chi connectivity index (χ4n) is 3.53. The van der Waals surface area contributed by atoms with E-state index in [9.17, 15) is 9.59 Å². The van der Waals surface area contributed by atoms with Gasteiger partial charge >= 0.3 is 0 Å². The first-order valence-corrected chi connectivity index (χ1v) is 9.26. The number of para-hydroxylation sites is 1. The Morgan fingerprint density at radius 3 is 2.64 bits per heavy atom. The molecule has 2 heterocycles. The Hall–Kier alpha value is -1.88. The molecule has 5 heteroatoms. The van der Waals surface area contributed by atoms with Gasteiger partial charge in [0.1, 0.15) is 12.4 Å². The van der Waals surface area contributed by atoms with E-state index in [0.29, 0.717) is 32.0 Å². The predicted octanol–water partition coefficient (Wildman–Crippen LogP) is 2.69. The third-order valence-corrected chi connectivity index (χ3v) is 5.10. The van der Waals surface area contributed by atoms with Crippen LogP contribution in [0.15, 0.2) is 30.3 Å². The second-order valence-corrected chi connectivity index (χ2v) is 7.11. The van der Waals surface area contributed by atoms with Crippen LogP contribution in [0.25, 0.3) is 0 Å². The SMILES string of the molecule is O=C1COCC(CCC(=O)N2CCC(COc3ccccc3)CC2)C1. The van der Waals surface area contributed by atoms with Crippen LogP contribution in [0, 0.1) is 11.8 Å². The summed E-state index contributed by atoms with van der Waals surface area (Å²) in [5.41, 5.74) is 0. The summed E-state index contributed by atoms with van der Waals surface area (Å²) >= 11 is 0. The zero-order valence-electron chi connectivity index (χ0n) is 14.7. The summed E-state index contributed by atoms with van der Waals surface area (Å²) in [6, 6.07) is 9.87. The van der Waals surface area contributed by atoms with Crippen molar-refractivity contribution in [3.8, 4) is 5.75 Å². The van der Waals surface area contributed by atoms with E-state index in [-0.39, 0.29) is 24.2 Å². The molecule has 0 aliphatic carbocycles. The molecule has 5 nitrogen and oxygen atoms in total. The van der Waals surface area contributed by atoms with Crippen LogP contribution in [0.5, 0.6) is 5.75 Å². The topological polar surface area (TPSA) is 55.8 Å². The molecule has 1 unspecified atom stereocenters. The molecule has 0 N–H and O–H groups in total. The van der Waals surface area contributed by atoms with Crippen LogP contribution in [-0.4, -0.2) is 49.5 Å². The quantitative estimate of drug-likeness (QED) is 0.795. The van der Waals surface area contributed by atoms with E-state index in [4.69, 9.17) is 9.47 Å². The van der Waals surface area contributed by atoms with Crippen molar-refractivity contribution in [2.24, 2.45) is 11.8 Å². The molecular weight excluding hydrogens is 318 g/mol.